The van der Waals surface area contributed by atoms with Gasteiger partial charge in [0, 0.05) is 31.5 Å². The minimum absolute atomic E-state index is 0.0244. The SMILES string of the molecule is C[C@H](Cn1ccnc1)NC(=O)NCc1ccc(OC2CCCC2)cc1. The largest absolute Gasteiger partial charge is 0.490 e. The molecule has 1 aromatic heterocycles. The van der Waals surface area contributed by atoms with Crippen molar-refractivity contribution in [3.05, 3.63) is 48.5 Å². The fraction of sp³-hybridized carbons (Fsp3) is 0.474. The fourth-order valence-electron chi connectivity index (χ4n) is 3.10. The molecule has 25 heavy (non-hydrogen) atoms. The summed E-state index contributed by atoms with van der Waals surface area (Å²) in [5, 5.41) is 5.81. The van der Waals surface area contributed by atoms with E-state index in [1.54, 1.807) is 12.5 Å². The summed E-state index contributed by atoms with van der Waals surface area (Å²) in [7, 11) is 0. The van der Waals surface area contributed by atoms with Gasteiger partial charge in [-0.1, -0.05) is 12.1 Å². The third kappa shape index (κ3) is 5.52. The van der Waals surface area contributed by atoms with E-state index in [1.807, 2.05) is 42.0 Å². The van der Waals surface area contributed by atoms with Crippen molar-refractivity contribution < 1.29 is 9.53 Å². The van der Waals surface area contributed by atoms with Gasteiger partial charge in [-0.05, 0) is 50.3 Å². The van der Waals surface area contributed by atoms with Crippen molar-refractivity contribution in [2.24, 2.45) is 0 Å². The van der Waals surface area contributed by atoms with Crippen molar-refractivity contribution in [1.29, 1.82) is 0 Å². The molecule has 1 aromatic carbocycles. The van der Waals surface area contributed by atoms with Crippen LogP contribution in [0.2, 0.25) is 0 Å². The zero-order chi connectivity index (χ0) is 17.5. The second-order valence-electron chi connectivity index (χ2n) is 6.66. The van der Waals surface area contributed by atoms with Crippen LogP contribution in [-0.4, -0.2) is 27.7 Å². The molecule has 0 spiro atoms. The van der Waals surface area contributed by atoms with E-state index < -0.39 is 0 Å². The highest BCUT2D eigenvalue weighted by atomic mass is 16.5. The molecule has 0 unspecified atom stereocenters. The van der Waals surface area contributed by atoms with E-state index in [4.69, 9.17) is 4.74 Å². The Kier molecular flexibility index (Phi) is 5.93. The summed E-state index contributed by atoms with van der Waals surface area (Å²) < 4.78 is 7.89. The van der Waals surface area contributed by atoms with Gasteiger partial charge in [0.25, 0.3) is 0 Å². The molecule has 1 saturated carbocycles. The maximum absolute atomic E-state index is 12.0. The average Bonchev–Trinajstić information content (AvgIpc) is 3.28. The summed E-state index contributed by atoms with van der Waals surface area (Å²) in [6.45, 7) is 3.16. The molecule has 6 nitrogen and oxygen atoms in total. The van der Waals surface area contributed by atoms with Crippen LogP contribution < -0.4 is 15.4 Å². The molecular weight excluding hydrogens is 316 g/mol. The maximum atomic E-state index is 12.0. The number of urea groups is 1. The van der Waals surface area contributed by atoms with Gasteiger partial charge in [-0.15, -0.1) is 0 Å². The van der Waals surface area contributed by atoms with E-state index in [0.29, 0.717) is 19.2 Å². The van der Waals surface area contributed by atoms with Gasteiger partial charge in [0.2, 0.25) is 0 Å². The van der Waals surface area contributed by atoms with Gasteiger partial charge in [0.05, 0.1) is 12.4 Å². The molecule has 134 valence electrons. The monoisotopic (exact) mass is 342 g/mol. The van der Waals surface area contributed by atoms with E-state index in [1.165, 1.54) is 12.8 Å². The lowest BCUT2D eigenvalue weighted by atomic mass is 10.2. The van der Waals surface area contributed by atoms with Gasteiger partial charge in [0.15, 0.2) is 0 Å². The molecule has 6 heteroatoms. The van der Waals surface area contributed by atoms with Gasteiger partial charge in [-0.25, -0.2) is 9.78 Å². The topological polar surface area (TPSA) is 68.2 Å². The van der Waals surface area contributed by atoms with Crippen molar-refractivity contribution in [2.75, 3.05) is 0 Å². The Morgan fingerprint density at radius 2 is 2.08 bits per heavy atom. The van der Waals surface area contributed by atoms with E-state index >= 15 is 0 Å². The summed E-state index contributed by atoms with van der Waals surface area (Å²) in [6.07, 6.45) is 10.6. The molecule has 1 aliphatic carbocycles. The number of benzene rings is 1. The summed E-state index contributed by atoms with van der Waals surface area (Å²) in [6, 6.07) is 7.82. The Labute approximate surface area is 148 Å². The van der Waals surface area contributed by atoms with E-state index in [2.05, 4.69) is 15.6 Å². The number of rotatable bonds is 7. The number of carbonyl (C=O) groups is 1. The van der Waals surface area contributed by atoms with Crippen LogP contribution >= 0.6 is 0 Å². The van der Waals surface area contributed by atoms with Crippen molar-refractivity contribution in [1.82, 2.24) is 20.2 Å². The normalized spacial score (nSPS) is 15.7. The molecule has 3 rings (SSSR count). The van der Waals surface area contributed by atoms with Crippen LogP contribution in [0.15, 0.2) is 43.0 Å². The van der Waals surface area contributed by atoms with E-state index in [-0.39, 0.29) is 12.1 Å². The second kappa shape index (κ2) is 8.55. The minimum atomic E-state index is -0.168. The lowest BCUT2D eigenvalue weighted by Crippen LogP contribution is -2.42. The highest BCUT2D eigenvalue weighted by molar-refractivity contribution is 5.74. The van der Waals surface area contributed by atoms with Crippen LogP contribution in [-0.2, 0) is 13.1 Å². The predicted octanol–water partition coefficient (Wildman–Crippen LogP) is 3.09. The van der Waals surface area contributed by atoms with Gasteiger partial charge in [0.1, 0.15) is 5.75 Å². The predicted molar refractivity (Wildman–Crippen MR) is 96.4 cm³/mol. The van der Waals surface area contributed by atoms with Crippen LogP contribution in [0.1, 0.15) is 38.2 Å². The van der Waals surface area contributed by atoms with Crippen molar-refractivity contribution >= 4 is 6.03 Å². The molecule has 0 radical (unpaired) electrons. The minimum Gasteiger partial charge on any atom is -0.490 e. The third-order valence-electron chi connectivity index (χ3n) is 4.40. The molecule has 2 aromatic rings. The lowest BCUT2D eigenvalue weighted by molar-refractivity contribution is 0.210. The number of ether oxygens (including phenoxy) is 1. The van der Waals surface area contributed by atoms with E-state index in [0.717, 1.165) is 24.2 Å². The standard InChI is InChI=1S/C19H26N4O2/c1-15(13-23-11-10-20-14-23)22-19(24)21-12-16-6-8-18(9-7-16)25-17-4-2-3-5-17/h6-11,14-15,17H,2-5,12-13H2,1H3,(H2,21,22,24)/t15-/m1/s1. The number of nitrogens with zero attached hydrogens (tertiary/aromatic N) is 2. The third-order valence-corrected chi connectivity index (χ3v) is 4.40. The van der Waals surface area contributed by atoms with Crippen LogP contribution in [0.5, 0.6) is 5.75 Å². The number of hydrogen-bond donors (Lipinski definition) is 2. The Morgan fingerprint density at radius 3 is 2.76 bits per heavy atom. The lowest BCUT2D eigenvalue weighted by Gasteiger charge is -2.15. The molecule has 2 N–H and O–H groups in total. The first-order valence-electron chi connectivity index (χ1n) is 8.95. The summed E-state index contributed by atoms with van der Waals surface area (Å²) in [5.74, 6) is 0.911. The van der Waals surface area contributed by atoms with Crippen LogP contribution in [0.25, 0.3) is 0 Å². The fourth-order valence-corrected chi connectivity index (χ4v) is 3.10. The van der Waals surface area contributed by atoms with E-state index in [9.17, 15) is 4.79 Å². The average molecular weight is 342 g/mol. The number of hydrogen-bond acceptors (Lipinski definition) is 3. The van der Waals surface area contributed by atoms with Crippen LogP contribution in [0.3, 0.4) is 0 Å². The first-order chi connectivity index (χ1) is 12.2. The first kappa shape index (κ1) is 17.3. The number of aromatic nitrogens is 2. The molecule has 0 saturated heterocycles. The molecule has 2 amide bonds. The molecule has 1 heterocycles. The summed E-state index contributed by atoms with van der Waals surface area (Å²) >= 11 is 0. The first-order valence-corrected chi connectivity index (χ1v) is 8.95. The Balaban J connectivity index is 1.39. The Hall–Kier alpha value is -2.50. The quantitative estimate of drug-likeness (QED) is 0.812. The van der Waals surface area contributed by atoms with Crippen molar-refractivity contribution in [3.8, 4) is 5.75 Å². The van der Waals surface area contributed by atoms with Crippen molar-refractivity contribution in [3.63, 3.8) is 0 Å². The van der Waals surface area contributed by atoms with Gasteiger partial charge in [-0.3, -0.25) is 0 Å². The molecule has 1 fully saturated rings. The molecule has 1 atom stereocenters. The Bertz CT molecular complexity index is 649. The zero-order valence-corrected chi connectivity index (χ0v) is 14.6. The molecular formula is C19H26N4O2. The molecule has 0 aliphatic heterocycles. The summed E-state index contributed by atoms with van der Waals surface area (Å²) in [4.78, 5) is 16.0. The smallest absolute Gasteiger partial charge is 0.315 e. The summed E-state index contributed by atoms with van der Waals surface area (Å²) in [5.41, 5.74) is 1.05. The number of amides is 2. The van der Waals surface area contributed by atoms with Gasteiger partial charge >= 0.3 is 6.03 Å². The molecule has 1 aliphatic rings. The van der Waals surface area contributed by atoms with Crippen LogP contribution in [0.4, 0.5) is 4.79 Å². The number of carbonyl (C=O) groups excluding carboxylic acids is 1. The van der Waals surface area contributed by atoms with Gasteiger partial charge < -0.3 is 19.9 Å². The van der Waals surface area contributed by atoms with Crippen molar-refractivity contribution in [2.45, 2.75) is 57.8 Å². The highest BCUT2D eigenvalue weighted by Crippen LogP contribution is 2.24. The molecule has 0 bridgehead atoms. The number of imidazole rings is 1. The zero-order valence-electron chi connectivity index (χ0n) is 14.6. The van der Waals surface area contributed by atoms with Crippen LogP contribution in [0, 0.1) is 0 Å². The second-order valence-corrected chi connectivity index (χ2v) is 6.66. The Morgan fingerprint density at radius 1 is 1.32 bits per heavy atom. The number of nitrogens with one attached hydrogen (secondary N) is 2. The van der Waals surface area contributed by atoms with Gasteiger partial charge in [-0.2, -0.15) is 0 Å². The highest BCUT2D eigenvalue weighted by Gasteiger charge is 2.16. The maximum Gasteiger partial charge on any atom is 0.315 e.